The fourth-order valence-electron chi connectivity index (χ4n) is 8.71. The van der Waals surface area contributed by atoms with Crippen LogP contribution in [0.25, 0.3) is 0 Å². The zero-order chi connectivity index (χ0) is 34.7. The van der Waals surface area contributed by atoms with Crippen molar-refractivity contribution < 1.29 is 67.0 Å². The van der Waals surface area contributed by atoms with Crippen LogP contribution in [0.15, 0.2) is 11.1 Å². The van der Waals surface area contributed by atoms with E-state index in [-0.39, 0.29) is 25.0 Å². The van der Waals surface area contributed by atoms with Gasteiger partial charge in [-0.1, -0.05) is 6.92 Å². The van der Waals surface area contributed by atoms with E-state index in [4.69, 9.17) is 33.2 Å². The summed E-state index contributed by atoms with van der Waals surface area (Å²) in [6.07, 6.45) is -7.59. The Bertz CT molecular complexity index is 1360. The molecular weight excluding hydrogens is 608 g/mol. The van der Waals surface area contributed by atoms with E-state index in [1.165, 1.54) is 41.5 Å². The number of carbonyl (C=O) groups excluding carboxylic acids is 6. The zero-order valence-electron chi connectivity index (χ0n) is 27.9. The summed E-state index contributed by atoms with van der Waals surface area (Å²) >= 11 is 0. The van der Waals surface area contributed by atoms with Crippen LogP contribution in [0.2, 0.25) is 0 Å². The lowest BCUT2D eigenvalue weighted by Gasteiger charge is -2.65. The van der Waals surface area contributed by atoms with Crippen molar-refractivity contribution in [1.29, 1.82) is 0 Å². The maximum absolute atomic E-state index is 13.1. The number of ether oxygens (including phenoxy) is 7. The van der Waals surface area contributed by atoms with E-state index in [1.54, 1.807) is 13.8 Å². The minimum atomic E-state index is -1.84. The van der Waals surface area contributed by atoms with Gasteiger partial charge in [0.15, 0.2) is 17.8 Å². The maximum atomic E-state index is 13.1. The maximum Gasteiger partial charge on any atom is 0.303 e. The van der Waals surface area contributed by atoms with Crippen LogP contribution in [-0.2, 0) is 61.9 Å². The Morgan fingerprint density at radius 1 is 0.783 bits per heavy atom. The van der Waals surface area contributed by atoms with E-state index in [0.717, 1.165) is 13.8 Å². The molecule has 14 nitrogen and oxygen atoms in total. The van der Waals surface area contributed by atoms with Crippen LogP contribution in [0.1, 0.15) is 82.1 Å². The predicted octanol–water partition coefficient (Wildman–Crippen LogP) is 1.86. The molecular formula is C32H44O14. The summed E-state index contributed by atoms with van der Waals surface area (Å²) in [6.45, 7) is 13.1. The van der Waals surface area contributed by atoms with Crippen LogP contribution in [0.4, 0.5) is 0 Å². The molecule has 3 aliphatic carbocycles. The fourth-order valence-corrected chi connectivity index (χ4v) is 8.71. The van der Waals surface area contributed by atoms with E-state index >= 15 is 0 Å². The average molecular weight is 653 g/mol. The molecule has 14 heteroatoms. The standard InChI is InChI=1S/C32H44O14/c1-14-21(41-15(2)33)12-31(29(8,9)39)24(14)25(43-17(4)35)27(44-18(5)36)30(10)22(42-16(3)34)11-23-32(13-40-23,46-20(7)38)26(30)28(31)45-19(6)37/h21-23,25-28,39H,11-13H2,1-10H3/t21-,22-,23+,25+,26?,27-,28?,30+,31-,32-/m0/s1. The molecule has 1 aliphatic heterocycles. The van der Waals surface area contributed by atoms with Crippen molar-refractivity contribution in [2.75, 3.05) is 6.61 Å². The van der Waals surface area contributed by atoms with Gasteiger partial charge in [0.25, 0.3) is 0 Å². The normalized spacial score (nSPS) is 38.0. The van der Waals surface area contributed by atoms with Gasteiger partial charge < -0.3 is 38.3 Å². The molecule has 256 valence electrons. The second-order valence-electron chi connectivity index (χ2n) is 13.5. The van der Waals surface area contributed by atoms with Gasteiger partial charge in [-0.3, -0.25) is 28.8 Å². The summed E-state index contributed by atoms with van der Waals surface area (Å²) in [7, 11) is 0. The first-order chi connectivity index (χ1) is 21.1. The number of carbonyl (C=O) groups is 6. The molecule has 2 saturated carbocycles. The first kappa shape index (κ1) is 35.3. The van der Waals surface area contributed by atoms with Gasteiger partial charge in [-0.2, -0.15) is 0 Å². The van der Waals surface area contributed by atoms with Gasteiger partial charge in [-0.15, -0.1) is 0 Å². The van der Waals surface area contributed by atoms with E-state index in [9.17, 15) is 33.9 Å². The van der Waals surface area contributed by atoms with E-state index in [0.29, 0.717) is 5.57 Å². The summed E-state index contributed by atoms with van der Waals surface area (Å²) in [5.74, 6) is -5.59. The number of hydrogen-bond donors (Lipinski definition) is 1. The van der Waals surface area contributed by atoms with Crippen LogP contribution >= 0.6 is 0 Å². The van der Waals surface area contributed by atoms with Gasteiger partial charge in [-0.05, 0) is 31.9 Å². The highest BCUT2D eigenvalue weighted by Crippen LogP contribution is 2.69. The molecule has 2 unspecified atom stereocenters. The lowest BCUT2D eigenvalue weighted by Crippen LogP contribution is -2.79. The Labute approximate surface area is 267 Å². The van der Waals surface area contributed by atoms with Crippen molar-refractivity contribution in [3.05, 3.63) is 11.1 Å². The molecule has 4 aliphatic rings. The molecule has 0 bridgehead atoms. The molecule has 0 amide bonds. The van der Waals surface area contributed by atoms with Gasteiger partial charge in [0.1, 0.15) is 24.4 Å². The third-order valence-electron chi connectivity index (χ3n) is 10.2. The van der Waals surface area contributed by atoms with Crippen molar-refractivity contribution in [3.8, 4) is 0 Å². The van der Waals surface area contributed by atoms with Crippen LogP contribution in [0.3, 0.4) is 0 Å². The Kier molecular flexibility index (Phi) is 9.16. The van der Waals surface area contributed by atoms with E-state index < -0.39 is 100 Å². The van der Waals surface area contributed by atoms with E-state index in [1.807, 2.05) is 0 Å². The minimum absolute atomic E-state index is 0.0270. The van der Waals surface area contributed by atoms with Gasteiger partial charge >= 0.3 is 35.8 Å². The highest BCUT2D eigenvalue weighted by molar-refractivity contribution is 5.71. The Morgan fingerprint density at radius 2 is 1.30 bits per heavy atom. The summed E-state index contributed by atoms with van der Waals surface area (Å²) in [6, 6.07) is 0. The number of rotatable bonds is 7. The van der Waals surface area contributed by atoms with Crippen molar-refractivity contribution in [3.63, 3.8) is 0 Å². The molecule has 10 atom stereocenters. The topological polar surface area (TPSA) is 187 Å². The molecule has 1 N–H and O–H groups in total. The third kappa shape index (κ3) is 5.46. The molecule has 4 rings (SSSR count). The van der Waals surface area contributed by atoms with Crippen LogP contribution in [0, 0.1) is 16.7 Å². The molecule has 0 spiro atoms. The lowest BCUT2D eigenvalue weighted by atomic mass is 9.49. The monoisotopic (exact) mass is 652 g/mol. The van der Waals surface area contributed by atoms with Crippen molar-refractivity contribution in [1.82, 2.24) is 0 Å². The number of aliphatic hydroxyl groups is 1. The predicted molar refractivity (Wildman–Crippen MR) is 154 cm³/mol. The van der Waals surface area contributed by atoms with Crippen molar-refractivity contribution >= 4 is 35.8 Å². The van der Waals surface area contributed by atoms with Gasteiger partial charge in [0, 0.05) is 54.4 Å². The zero-order valence-corrected chi connectivity index (χ0v) is 27.9. The lowest BCUT2D eigenvalue weighted by molar-refractivity contribution is -0.353. The Hall–Kier alpha value is -3.52. The molecule has 0 aromatic carbocycles. The molecule has 1 saturated heterocycles. The molecule has 0 aromatic rings. The summed E-state index contributed by atoms with van der Waals surface area (Å²) < 4.78 is 41.9. The van der Waals surface area contributed by atoms with Gasteiger partial charge in [0.05, 0.1) is 29.0 Å². The largest absolute Gasteiger partial charge is 0.462 e. The molecule has 46 heavy (non-hydrogen) atoms. The number of esters is 6. The Morgan fingerprint density at radius 3 is 1.74 bits per heavy atom. The molecule has 0 radical (unpaired) electrons. The summed E-state index contributed by atoms with van der Waals surface area (Å²) in [5, 5.41) is 12.3. The first-order valence-corrected chi connectivity index (χ1v) is 15.2. The average Bonchev–Trinajstić information content (AvgIpc) is 3.13. The quantitative estimate of drug-likeness (QED) is 0.238. The second kappa shape index (κ2) is 11.9. The summed E-state index contributed by atoms with van der Waals surface area (Å²) in [5.41, 5.74) is -6.18. The highest BCUT2D eigenvalue weighted by atomic mass is 16.6. The third-order valence-corrected chi connectivity index (χ3v) is 10.2. The first-order valence-electron chi connectivity index (χ1n) is 15.2. The van der Waals surface area contributed by atoms with Crippen molar-refractivity contribution in [2.45, 2.75) is 130 Å². The van der Waals surface area contributed by atoms with Gasteiger partial charge in [0.2, 0.25) is 0 Å². The SMILES string of the molecule is CC(=O)OC1C2[C@@](C)([C@@H](OC(C)=O)C[C@H]3OC[C@@]23OC(C)=O)[C@@H](OC(C)=O)[C@H](OC(C)=O)C2=C(C)[C@@H](OC(C)=O)C[C@]21C(C)(C)O. The van der Waals surface area contributed by atoms with Gasteiger partial charge in [-0.25, -0.2) is 0 Å². The number of fused-ring (bicyclic) bond motifs is 4. The van der Waals surface area contributed by atoms with Crippen LogP contribution in [-0.4, -0.2) is 95.4 Å². The molecule has 3 fully saturated rings. The number of hydrogen-bond acceptors (Lipinski definition) is 14. The van der Waals surface area contributed by atoms with Crippen molar-refractivity contribution in [2.24, 2.45) is 16.7 Å². The fraction of sp³-hybridized carbons (Fsp3) is 0.750. The minimum Gasteiger partial charge on any atom is -0.462 e. The Balaban J connectivity index is 2.25. The molecule has 1 heterocycles. The second-order valence-corrected chi connectivity index (χ2v) is 13.5. The highest BCUT2D eigenvalue weighted by Gasteiger charge is 2.80. The smallest absolute Gasteiger partial charge is 0.303 e. The van der Waals surface area contributed by atoms with E-state index in [2.05, 4.69) is 0 Å². The van der Waals surface area contributed by atoms with Crippen LogP contribution in [0.5, 0.6) is 0 Å². The molecule has 0 aromatic heterocycles. The summed E-state index contributed by atoms with van der Waals surface area (Å²) in [4.78, 5) is 76.7. The van der Waals surface area contributed by atoms with Crippen LogP contribution < -0.4 is 0 Å².